The summed E-state index contributed by atoms with van der Waals surface area (Å²) in [4.78, 5) is 0. The van der Waals surface area contributed by atoms with E-state index in [0.717, 1.165) is 24.1 Å². The van der Waals surface area contributed by atoms with E-state index in [9.17, 15) is 8.78 Å². The quantitative estimate of drug-likeness (QED) is 0.744. The number of hydrogen-bond donors (Lipinski definition) is 2. The third-order valence-electron chi connectivity index (χ3n) is 3.39. The molecule has 2 N–H and O–H groups in total. The molecule has 7 heteroatoms. The molecule has 0 aliphatic carbocycles. The zero-order valence-corrected chi connectivity index (χ0v) is 13.0. The van der Waals surface area contributed by atoms with Gasteiger partial charge in [-0.25, -0.2) is 0 Å². The van der Waals surface area contributed by atoms with Crippen molar-refractivity contribution in [1.29, 1.82) is 0 Å². The maximum absolute atomic E-state index is 12.1. The molecule has 23 heavy (non-hydrogen) atoms. The monoisotopic (exact) mass is 325 g/mol. The first-order valence-electron chi connectivity index (χ1n) is 7.50. The highest BCUT2D eigenvalue weighted by Crippen LogP contribution is 2.17. The number of halogens is 2. The Kier molecular flexibility index (Phi) is 6.34. The van der Waals surface area contributed by atoms with Crippen molar-refractivity contribution in [3.8, 4) is 5.75 Å². The molecule has 126 valence electrons. The smallest absolute Gasteiger partial charge is 0.387 e. The van der Waals surface area contributed by atoms with Crippen LogP contribution in [0.1, 0.15) is 18.9 Å². The van der Waals surface area contributed by atoms with E-state index < -0.39 is 6.61 Å². The Hall–Kier alpha value is -2.15. The first kappa shape index (κ1) is 17.2. The Bertz CT molecular complexity index is 587. The van der Waals surface area contributed by atoms with Crippen molar-refractivity contribution in [3.05, 3.63) is 42.2 Å². The summed E-state index contributed by atoms with van der Waals surface area (Å²) >= 11 is 0. The Balaban J connectivity index is 1.78. The van der Waals surface area contributed by atoms with E-state index in [1.807, 2.05) is 6.20 Å². The lowest BCUT2D eigenvalue weighted by atomic mass is 10.1. The molecule has 0 aliphatic rings. The number of aliphatic hydroxyl groups excluding tert-OH is 1. The fourth-order valence-corrected chi connectivity index (χ4v) is 2.24. The molecule has 1 aromatic carbocycles. The van der Waals surface area contributed by atoms with Gasteiger partial charge in [-0.1, -0.05) is 12.1 Å². The third-order valence-corrected chi connectivity index (χ3v) is 3.39. The van der Waals surface area contributed by atoms with Crippen LogP contribution >= 0.6 is 0 Å². The van der Waals surface area contributed by atoms with Gasteiger partial charge in [0.15, 0.2) is 0 Å². The van der Waals surface area contributed by atoms with Gasteiger partial charge in [0.25, 0.3) is 0 Å². The molecule has 1 atom stereocenters. The third kappa shape index (κ3) is 5.86. The van der Waals surface area contributed by atoms with Gasteiger partial charge in [-0.2, -0.15) is 13.9 Å². The van der Waals surface area contributed by atoms with Crippen LogP contribution in [0.2, 0.25) is 0 Å². The van der Waals surface area contributed by atoms with Crippen molar-refractivity contribution in [2.24, 2.45) is 0 Å². The number of ether oxygens (including phenoxy) is 1. The summed E-state index contributed by atoms with van der Waals surface area (Å²) in [6.07, 6.45) is 5.29. The van der Waals surface area contributed by atoms with Gasteiger partial charge in [0.05, 0.1) is 25.0 Å². The topological polar surface area (TPSA) is 59.3 Å². The van der Waals surface area contributed by atoms with Crippen LogP contribution in [0.3, 0.4) is 0 Å². The zero-order valence-electron chi connectivity index (χ0n) is 13.0. The highest BCUT2D eigenvalue weighted by molar-refractivity contribution is 5.39. The molecule has 0 saturated heterocycles. The summed E-state index contributed by atoms with van der Waals surface area (Å²) in [5.41, 5.74) is 1.97. The second-order valence-corrected chi connectivity index (χ2v) is 5.32. The molecule has 0 fully saturated rings. The SMILES string of the molecule is CC(CCc1ccc(OC(F)F)cc1)Nc1cnn(CCO)c1. The van der Waals surface area contributed by atoms with Crippen molar-refractivity contribution < 1.29 is 18.6 Å². The standard InChI is InChI=1S/C16H21F2N3O2/c1-12(20-14-10-19-21(11-14)8-9-22)2-3-13-4-6-15(7-5-13)23-16(17)18/h4-7,10-12,16,20,22H,2-3,8-9H2,1H3. The van der Waals surface area contributed by atoms with Crippen molar-refractivity contribution >= 4 is 5.69 Å². The van der Waals surface area contributed by atoms with E-state index in [1.165, 1.54) is 0 Å². The second kappa shape index (κ2) is 8.47. The fraction of sp³-hybridized carbons (Fsp3) is 0.438. The minimum atomic E-state index is -2.79. The number of aromatic nitrogens is 2. The Morgan fingerprint density at radius 3 is 2.70 bits per heavy atom. The minimum Gasteiger partial charge on any atom is -0.435 e. The maximum Gasteiger partial charge on any atom is 0.387 e. The number of nitrogens with zero attached hydrogens (tertiary/aromatic N) is 2. The van der Waals surface area contributed by atoms with Gasteiger partial charge in [-0.3, -0.25) is 4.68 Å². The summed E-state index contributed by atoms with van der Waals surface area (Å²) in [5, 5.41) is 16.3. The van der Waals surface area contributed by atoms with Crippen LogP contribution in [-0.4, -0.2) is 34.1 Å². The Labute approximate surface area is 133 Å². The number of alkyl halides is 2. The average molecular weight is 325 g/mol. The Morgan fingerprint density at radius 2 is 2.04 bits per heavy atom. The second-order valence-electron chi connectivity index (χ2n) is 5.32. The number of rotatable bonds is 9. The van der Waals surface area contributed by atoms with E-state index in [1.54, 1.807) is 35.1 Å². The highest BCUT2D eigenvalue weighted by Gasteiger charge is 2.06. The number of aryl methyl sites for hydroxylation is 1. The lowest BCUT2D eigenvalue weighted by molar-refractivity contribution is -0.0498. The molecule has 0 amide bonds. The van der Waals surface area contributed by atoms with Crippen molar-refractivity contribution in [2.75, 3.05) is 11.9 Å². The van der Waals surface area contributed by atoms with Crippen LogP contribution in [0, 0.1) is 0 Å². The van der Waals surface area contributed by atoms with Crippen LogP contribution < -0.4 is 10.1 Å². The van der Waals surface area contributed by atoms with Gasteiger partial charge in [-0.15, -0.1) is 0 Å². The van der Waals surface area contributed by atoms with Gasteiger partial charge in [0, 0.05) is 12.2 Å². The summed E-state index contributed by atoms with van der Waals surface area (Å²) in [7, 11) is 0. The predicted molar refractivity (Wildman–Crippen MR) is 83.8 cm³/mol. The normalized spacial score (nSPS) is 12.4. The molecular weight excluding hydrogens is 304 g/mol. The molecule has 2 aromatic rings. The fourth-order valence-electron chi connectivity index (χ4n) is 2.24. The summed E-state index contributed by atoms with van der Waals surface area (Å²) in [6.45, 7) is -0.195. The van der Waals surface area contributed by atoms with Crippen LogP contribution in [0.5, 0.6) is 5.75 Å². The first-order valence-corrected chi connectivity index (χ1v) is 7.50. The van der Waals surface area contributed by atoms with Gasteiger partial charge >= 0.3 is 6.61 Å². The minimum absolute atomic E-state index is 0.0575. The van der Waals surface area contributed by atoms with Gasteiger partial charge in [0.2, 0.25) is 0 Å². The van der Waals surface area contributed by atoms with E-state index >= 15 is 0 Å². The van der Waals surface area contributed by atoms with Crippen LogP contribution in [-0.2, 0) is 13.0 Å². The molecule has 1 aromatic heterocycles. The van der Waals surface area contributed by atoms with E-state index in [-0.39, 0.29) is 18.4 Å². The summed E-state index contributed by atoms with van der Waals surface area (Å²) < 4.78 is 30.2. The summed E-state index contributed by atoms with van der Waals surface area (Å²) in [5.74, 6) is 0.172. The molecular formula is C16H21F2N3O2. The molecule has 2 rings (SSSR count). The van der Waals surface area contributed by atoms with Crippen molar-refractivity contribution in [2.45, 2.75) is 39.0 Å². The van der Waals surface area contributed by atoms with Crippen LogP contribution in [0.15, 0.2) is 36.7 Å². The number of benzene rings is 1. The van der Waals surface area contributed by atoms with E-state index in [2.05, 4.69) is 22.1 Å². The maximum atomic E-state index is 12.1. The molecule has 0 bridgehead atoms. The number of anilines is 1. The molecule has 5 nitrogen and oxygen atoms in total. The molecule has 0 saturated carbocycles. The number of nitrogens with one attached hydrogen (secondary N) is 1. The number of aliphatic hydroxyl groups is 1. The van der Waals surface area contributed by atoms with Crippen LogP contribution in [0.4, 0.5) is 14.5 Å². The largest absolute Gasteiger partial charge is 0.435 e. The van der Waals surface area contributed by atoms with E-state index in [4.69, 9.17) is 5.11 Å². The highest BCUT2D eigenvalue weighted by atomic mass is 19.3. The summed E-state index contributed by atoms with van der Waals surface area (Å²) in [6, 6.07) is 6.93. The van der Waals surface area contributed by atoms with Gasteiger partial charge < -0.3 is 15.2 Å². The molecule has 1 unspecified atom stereocenters. The zero-order chi connectivity index (χ0) is 16.7. The van der Waals surface area contributed by atoms with Gasteiger partial charge in [-0.05, 0) is 37.5 Å². The molecule has 0 spiro atoms. The Morgan fingerprint density at radius 1 is 1.30 bits per heavy atom. The van der Waals surface area contributed by atoms with Crippen LogP contribution in [0.25, 0.3) is 0 Å². The predicted octanol–water partition coefficient (Wildman–Crippen LogP) is 2.91. The lowest BCUT2D eigenvalue weighted by Gasteiger charge is -2.13. The van der Waals surface area contributed by atoms with E-state index in [0.29, 0.717) is 6.54 Å². The van der Waals surface area contributed by atoms with Crippen molar-refractivity contribution in [1.82, 2.24) is 9.78 Å². The molecule has 0 radical (unpaired) electrons. The molecule has 0 aliphatic heterocycles. The first-order chi connectivity index (χ1) is 11.1. The lowest BCUT2D eigenvalue weighted by Crippen LogP contribution is -2.15. The average Bonchev–Trinajstić information content (AvgIpc) is 2.93. The number of hydrogen-bond acceptors (Lipinski definition) is 4. The van der Waals surface area contributed by atoms with Gasteiger partial charge in [0.1, 0.15) is 5.75 Å². The van der Waals surface area contributed by atoms with Crippen molar-refractivity contribution in [3.63, 3.8) is 0 Å². The molecule has 1 heterocycles.